The molecule has 0 saturated carbocycles. The first-order valence-electron chi connectivity index (χ1n) is 6.59. The fraction of sp³-hybridized carbons (Fsp3) is 0. The molecular weight excluding hydrogens is 303 g/mol. The van der Waals surface area contributed by atoms with Gasteiger partial charge in [-0.1, -0.05) is 0 Å². The van der Waals surface area contributed by atoms with Gasteiger partial charge in [0.1, 0.15) is 5.82 Å². The Morgan fingerprint density at radius 1 is 1.09 bits per heavy atom. The van der Waals surface area contributed by atoms with E-state index in [9.17, 15) is 14.0 Å². The molecule has 0 fully saturated rings. The average molecular weight is 314 g/mol. The average Bonchev–Trinajstić information content (AvgIpc) is 3.20. The highest BCUT2D eigenvalue weighted by Gasteiger charge is 2.18. The fourth-order valence-electron chi connectivity index (χ4n) is 1.87. The van der Waals surface area contributed by atoms with Crippen LogP contribution in [0.1, 0.15) is 21.0 Å². The third kappa shape index (κ3) is 3.26. The van der Waals surface area contributed by atoms with Crippen LogP contribution in [-0.4, -0.2) is 22.0 Å². The molecule has 3 aromatic rings. The lowest BCUT2D eigenvalue weighted by Crippen LogP contribution is -2.17. The van der Waals surface area contributed by atoms with Crippen molar-refractivity contribution in [3.63, 3.8) is 0 Å². The Kier molecular flexibility index (Phi) is 3.88. The number of nitrogens with zero attached hydrogens (tertiary/aromatic N) is 1. The number of anilines is 2. The molecule has 0 unspecified atom stereocenters. The number of H-pyrrole nitrogens is 1. The number of aromatic amines is 1. The fourth-order valence-corrected chi connectivity index (χ4v) is 1.87. The van der Waals surface area contributed by atoms with Crippen molar-refractivity contribution in [2.75, 3.05) is 10.6 Å². The number of carbonyl (C=O) groups excluding carboxylic acids is 2. The van der Waals surface area contributed by atoms with Crippen molar-refractivity contribution in [2.45, 2.75) is 0 Å². The minimum atomic E-state index is -0.549. The van der Waals surface area contributed by atoms with E-state index in [1.54, 1.807) is 6.07 Å². The van der Waals surface area contributed by atoms with Crippen LogP contribution in [0.25, 0.3) is 0 Å². The number of nitrogens with one attached hydrogen (secondary N) is 3. The zero-order chi connectivity index (χ0) is 16.2. The molecule has 2 aromatic heterocycles. The summed E-state index contributed by atoms with van der Waals surface area (Å²) in [6, 6.07) is 8.35. The molecule has 0 aliphatic carbocycles. The van der Waals surface area contributed by atoms with E-state index in [-0.39, 0.29) is 17.1 Å². The molecule has 7 nitrogen and oxygen atoms in total. The standard InChI is InChI=1S/C15H11FN4O3/c16-9-3-5-10(6-4-9)18-15(22)13-11(8-17-20-13)19-14(21)12-2-1-7-23-12/h1-8H,(H,17,20)(H,18,22)(H,19,21). The molecule has 2 amide bonds. The number of furan rings is 1. The van der Waals surface area contributed by atoms with Crippen molar-refractivity contribution in [3.8, 4) is 0 Å². The van der Waals surface area contributed by atoms with E-state index in [1.807, 2.05) is 0 Å². The van der Waals surface area contributed by atoms with Crippen LogP contribution in [0, 0.1) is 5.82 Å². The molecule has 0 aliphatic rings. The maximum Gasteiger partial charge on any atom is 0.291 e. The quantitative estimate of drug-likeness (QED) is 0.689. The normalized spacial score (nSPS) is 10.3. The Morgan fingerprint density at radius 3 is 2.57 bits per heavy atom. The number of halogens is 1. The zero-order valence-corrected chi connectivity index (χ0v) is 11.7. The number of aromatic nitrogens is 2. The van der Waals surface area contributed by atoms with Gasteiger partial charge in [-0.3, -0.25) is 14.7 Å². The van der Waals surface area contributed by atoms with Gasteiger partial charge in [0.15, 0.2) is 11.5 Å². The van der Waals surface area contributed by atoms with Crippen molar-refractivity contribution in [1.29, 1.82) is 0 Å². The second kappa shape index (κ2) is 6.14. The Hall–Kier alpha value is -3.42. The van der Waals surface area contributed by atoms with Crippen molar-refractivity contribution < 1.29 is 18.4 Å². The summed E-state index contributed by atoms with van der Waals surface area (Å²) in [6.45, 7) is 0. The van der Waals surface area contributed by atoms with E-state index in [1.165, 1.54) is 42.8 Å². The molecule has 2 heterocycles. The lowest BCUT2D eigenvalue weighted by Gasteiger charge is -2.05. The Labute approximate surface area is 129 Å². The van der Waals surface area contributed by atoms with Gasteiger partial charge in [0.25, 0.3) is 11.8 Å². The number of hydrogen-bond donors (Lipinski definition) is 3. The summed E-state index contributed by atoms with van der Waals surface area (Å²) in [5.41, 5.74) is 0.600. The molecule has 0 aliphatic heterocycles. The van der Waals surface area contributed by atoms with Gasteiger partial charge >= 0.3 is 0 Å². The summed E-state index contributed by atoms with van der Waals surface area (Å²) in [7, 11) is 0. The van der Waals surface area contributed by atoms with Gasteiger partial charge in [-0.25, -0.2) is 4.39 Å². The molecule has 0 radical (unpaired) electrons. The topological polar surface area (TPSA) is 100 Å². The van der Waals surface area contributed by atoms with Crippen LogP contribution < -0.4 is 10.6 Å². The Balaban J connectivity index is 1.73. The van der Waals surface area contributed by atoms with Crippen molar-refractivity contribution >= 4 is 23.2 Å². The molecule has 0 bridgehead atoms. The van der Waals surface area contributed by atoms with E-state index < -0.39 is 17.6 Å². The summed E-state index contributed by atoms with van der Waals surface area (Å²) < 4.78 is 17.8. The van der Waals surface area contributed by atoms with Gasteiger partial charge in [-0.2, -0.15) is 5.10 Å². The van der Waals surface area contributed by atoms with Crippen LogP contribution in [0.15, 0.2) is 53.3 Å². The SMILES string of the molecule is O=C(Nc1c[nH]nc1C(=O)Nc1ccc(F)cc1)c1ccco1. The monoisotopic (exact) mass is 314 g/mol. The molecule has 0 saturated heterocycles. The highest BCUT2D eigenvalue weighted by molar-refractivity contribution is 6.10. The van der Waals surface area contributed by atoms with E-state index in [0.29, 0.717) is 5.69 Å². The first-order valence-corrected chi connectivity index (χ1v) is 6.59. The largest absolute Gasteiger partial charge is 0.459 e. The van der Waals surface area contributed by atoms with Gasteiger partial charge in [0, 0.05) is 11.9 Å². The van der Waals surface area contributed by atoms with E-state index in [4.69, 9.17) is 4.42 Å². The molecule has 116 valence electrons. The van der Waals surface area contributed by atoms with Crippen molar-refractivity contribution in [1.82, 2.24) is 10.2 Å². The number of rotatable bonds is 4. The minimum Gasteiger partial charge on any atom is -0.459 e. The third-order valence-electron chi connectivity index (χ3n) is 2.95. The van der Waals surface area contributed by atoms with Crippen LogP contribution in [0.4, 0.5) is 15.8 Å². The van der Waals surface area contributed by atoms with E-state index in [0.717, 1.165) is 0 Å². The summed E-state index contributed by atoms with van der Waals surface area (Å²) in [5, 5.41) is 11.4. The number of carbonyl (C=O) groups is 2. The maximum absolute atomic E-state index is 12.9. The molecule has 8 heteroatoms. The zero-order valence-electron chi connectivity index (χ0n) is 11.7. The van der Waals surface area contributed by atoms with Crippen molar-refractivity contribution in [3.05, 3.63) is 66.1 Å². The lowest BCUT2D eigenvalue weighted by atomic mass is 10.3. The minimum absolute atomic E-state index is 0.00534. The first kappa shape index (κ1) is 14.5. The second-order valence-corrected chi connectivity index (χ2v) is 4.54. The van der Waals surface area contributed by atoms with Crippen LogP contribution in [0.2, 0.25) is 0 Å². The van der Waals surface area contributed by atoms with Crippen LogP contribution in [0.5, 0.6) is 0 Å². The van der Waals surface area contributed by atoms with Gasteiger partial charge in [0.2, 0.25) is 0 Å². The summed E-state index contributed by atoms with van der Waals surface area (Å²) in [4.78, 5) is 24.1. The van der Waals surface area contributed by atoms with Crippen LogP contribution in [0.3, 0.4) is 0 Å². The second-order valence-electron chi connectivity index (χ2n) is 4.54. The molecule has 0 spiro atoms. The number of amides is 2. The van der Waals surface area contributed by atoms with Crippen molar-refractivity contribution in [2.24, 2.45) is 0 Å². The highest BCUT2D eigenvalue weighted by atomic mass is 19.1. The summed E-state index contributed by atoms with van der Waals surface area (Å²) in [5.74, 6) is -1.36. The molecular formula is C15H11FN4O3. The number of benzene rings is 1. The van der Waals surface area contributed by atoms with Gasteiger partial charge in [-0.15, -0.1) is 0 Å². The predicted molar refractivity (Wildman–Crippen MR) is 79.6 cm³/mol. The summed E-state index contributed by atoms with van der Waals surface area (Å²) >= 11 is 0. The van der Waals surface area contributed by atoms with E-state index in [2.05, 4.69) is 20.8 Å². The smallest absolute Gasteiger partial charge is 0.291 e. The summed E-state index contributed by atoms with van der Waals surface area (Å²) in [6.07, 6.45) is 2.74. The molecule has 1 aromatic carbocycles. The predicted octanol–water partition coefficient (Wildman–Crippen LogP) is 2.65. The molecule has 23 heavy (non-hydrogen) atoms. The number of hydrogen-bond acceptors (Lipinski definition) is 4. The van der Waals surface area contributed by atoms with Crippen LogP contribution in [-0.2, 0) is 0 Å². The molecule has 3 rings (SSSR count). The van der Waals surface area contributed by atoms with Gasteiger partial charge in [-0.05, 0) is 36.4 Å². The molecule has 3 N–H and O–H groups in total. The third-order valence-corrected chi connectivity index (χ3v) is 2.95. The maximum atomic E-state index is 12.9. The lowest BCUT2D eigenvalue weighted by molar-refractivity contribution is 0.0996. The van der Waals surface area contributed by atoms with Gasteiger partial charge < -0.3 is 15.1 Å². The first-order chi connectivity index (χ1) is 11.1. The highest BCUT2D eigenvalue weighted by Crippen LogP contribution is 2.16. The van der Waals surface area contributed by atoms with Gasteiger partial charge in [0.05, 0.1) is 12.0 Å². The Morgan fingerprint density at radius 2 is 1.87 bits per heavy atom. The van der Waals surface area contributed by atoms with Crippen LogP contribution >= 0.6 is 0 Å². The van der Waals surface area contributed by atoms with E-state index >= 15 is 0 Å². The molecule has 0 atom stereocenters. The Bertz CT molecular complexity index is 825.